The Balaban J connectivity index is 0.00000320. The van der Waals surface area contributed by atoms with Gasteiger partial charge in [0.15, 0.2) is 5.96 Å². The molecular formula is C23H31IN4O2. The lowest BCUT2D eigenvalue weighted by Gasteiger charge is -2.31. The topological polar surface area (TPSA) is 80.0 Å². The quantitative estimate of drug-likeness (QED) is 0.349. The van der Waals surface area contributed by atoms with Gasteiger partial charge in [0.2, 0.25) is 0 Å². The molecule has 0 saturated carbocycles. The van der Waals surface area contributed by atoms with E-state index in [1.807, 2.05) is 6.92 Å². The zero-order chi connectivity index (χ0) is 20.6. The number of nitrogens with two attached hydrogens (primary N) is 1. The number of hydrogen-bond donors (Lipinski definition) is 2. The second-order valence-electron chi connectivity index (χ2n) is 7.38. The van der Waals surface area contributed by atoms with Crippen molar-refractivity contribution in [2.24, 2.45) is 10.7 Å². The molecule has 0 bridgehead atoms. The standard InChI is InChI=1S/C23H30N4O2.HI/c1-3-29-23(28)27-12-10-21(11-13-27)26-22(24)25-16-18-7-5-9-20(15-18)19-8-4-6-17(2)14-19;/h4-9,14-15,21H,3,10-13,16H2,1-2H3,(H3,24,25,26);1H. The van der Waals surface area contributed by atoms with Crippen LogP contribution in [0.1, 0.15) is 30.9 Å². The maximum atomic E-state index is 11.8. The van der Waals surface area contributed by atoms with Crippen LogP contribution in [0, 0.1) is 6.92 Å². The van der Waals surface area contributed by atoms with Crippen LogP contribution in [-0.4, -0.2) is 42.7 Å². The molecule has 1 aliphatic rings. The Labute approximate surface area is 195 Å². The molecule has 162 valence electrons. The highest BCUT2D eigenvalue weighted by molar-refractivity contribution is 14.0. The molecule has 0 radical (unpaired) electrons. The van der Waals surface area contributed by atoms with E-state index in [1.54, 1.807) is 4.90 Å². The average molecular weight is 522 g/mol. The average Bonchev–Trinajstić information content (AvgIpc) is 2.73. The van der Waals surface area contributed by atoms with Gasteiger partial charge in [-0.15, -0.1) is 24.0 Å². The van der Waals surface area contributed by atoms with Crippen molar-refractivity contribution in [2.45, 2.75) is 39.3 Å². The fourth-order valence-corrected chi connectivity index (χ4v) is 3.53. The predicted molar refractivity (Wildman–Crippen MR) is 132 cm³/mol. The summed E-state index contributed by atoms with van der Waals surface area (Å²) in [6.45, 7) is 6.19. The Hall–Kier alpha value is -2.29. The maximum Gasteiger partial charge on any atom is 0.409 e. The zero-order valence-electron chi connectivity index (χ0n) is 17.6. The van der Waals surface area contributed by atoms with E-state index in [-0.39, 0.29) is 36.1 Å². The van der Waals surface area contributed by atoms with Crippen LogP contribution in [0.5, 0.6) is 0 Å². The number of amides is 1. The summed E-state index contributed by atoms with van der Waals surface area (Å²) >= 11 is 0. The van der Waals surface area contributed by atoms with Gasteiger partial charge < -0.3 is 20.7 Å². The highest BCUT2D eigenvalue weighted by Crippen LogP contribution is 2.21. The van der Waals surface area contributed by atoms with Crippen LogP contribution in [-0.2, 0) is 11.3 Å². The van der Waals surface area contributed by atoms with Crippen molar-refractivity contribution in [1.82, 2.24) is 10.2 Å². The fourth-order valence-electron chi connectivity index (χ4n) is 3.53. The number of guanidine groups is 1. The summed E-state index contributed by atoms with van der Waals surface area (Å²) in [5, 5.41) is 3.28. The molecule has 0 aliphatic carbocycles. The zero-order valence-corrected chi connectivity index (χ0v) is 20.0. The number of likely N-dealkylation sites (tertiary alicyclic amines) is 1. The summed E-state index contributed by atoms with van der Waals surface area (Å²) < 4.78 is 5.05. The third-order valence-corrected chi connectivity index (χ3v) is 5.08. The number of aliphatic imine (C=N–C) groups is 1. The van der Waals surface area contributed by atoms with Crippen LogP contribution in [0.3, 0.4) is 0 Å². The minimum absolute atomic E-state index is 0. The van der Waals surface area contributed by atoms with Gasteiger partial charge in [-0.3, -0.25) is 0 Å². The van der Waals surface area contributed by atoms with Gasteiger partial charge >= 0.3 is 6.09 Å². The van der Waals surface area contributed by atoms with Crippen molar-refractivity contribution in [3.8, 4) is 11.1 Å². The fraction of sp³-hybridized carbons (Fsp3) is 0.391. The number of benzene rings is 2. The van der Waals surface area contributed by atoms with E-state index in [0.29, 0.717) is 32.2 Å². The minimum atomic E-state index is -0.235. The highest BCUT2D eigenvalue weighted by Gasteiger charge is 2.23. The molecule has 1 saturated heterocycles. The van der Waals surface area contributed by atoms with Gasteiger partial charge in [0.25, 0.3) is 0 Å². The van der Waals surface area contributed by atoms with E-state index >= 15 is 0 Å². The molecule has 3 N–H and O–H groups in total. The van der Waals surface area contributed by atoms with Crippen LogP contribution in [0.2, 0.25) is 0 Å². The number of ether oxygens (including phenoxy) is 1. The Morgan fingerprint density at radius 1 is 1.17 bits per heavy atom. The molecule has 2 aromatic carbocycles. The Morgan fingerprint density at radius 3 is 2.50 bits per heavy atom. The number of nitrogens with zero attached hydrogens (tertiary/aromatic N) is 2. The molecule has 0 atom stereocenters. The number of aryl methyl sites for hydroxylation is 1. The van der Waals surface area contributed by atoms with Gasteiger partial charge in [-0.2, -0.15) is 0 Å². The lowest BCUT2D eigenvalue weighted by Crippen LogP contribution is -2.48. The molecule has 1 aliphatic heterocycles. The number of halogens is 1. The lowest BCUT2D eigenvalue weighted by atomic mass is 10.0. The van der Waals surface area contributed by atoms with Gasteiger partial charge in [-0.05, 0) is 49.4 Å². The van der Waals surface area contributed by atoms with Gasteiger partial charge in [0, 0.05) is 19.1 Å². The molecular weight excluding hydrogens is 491 g/mol. The smallest absolute Gasteiger partial charge is 0.409 e. The van der Waals surface area contributed by atoms with E-state index in [4.69, 9.17) is 10.5 Å². The number of carbonyl (C=O) groups excluding carboxylic acids is 1. The SMILES string of the molecule is CCOC(=O)N1CCC(NC(N)=NCc2cccc(-c3cccc(C)c3)c2)CC1.I. The molecule has 0 unspecified atom stereocenters. The molecule has 30 heavy (non-hydrogen) atoms. The normalized spacial score (nSPS) is 14.7. The Kier molecular flexibility index (Phi) is 9.42. The second-order valence-corrected chi connectivity index (χ2v) is 7.38. The van der Waals surface area contributed by atoms with Crippen molar-refractivity contribution in [3.63, 3.8) is 0 Å². The molecule has 0 spiro atoms. The van der Waals surface area contributed by atoms with E-state index in [2.05, 4.69) is 65.8 Å². The van der Waals surface area contributed by atoms with E-state index in [0.717, 1.165) is 18.4 Å². The first kappa shape index (κ1) is 24.0. The monoisotopic (exact) mass is 522 g/mol. The van der Waals surface area contributed by atoms with Gasteiger partial charge in [0.05, 0.1) is 13.2 Å². The summed E-state index contributed by atoms with van der Waals surface area (Å²) in [6.07, 6.45) is 1.43. The summed E-state index contributed by atoms with van der Waals surface area (Å²) in [5.41, 5.74) is 10.8. The summed E-state index contributed by atoms with van der Waals surface area (Å²) in [4.78, 5) is 18.0. The number of rotatable bonds is 5. The van der Waals surface area contributed by atoms with E-state index in [1.165, 1.54) is 16.7 Å². The first-order chi connectivity index (χ1) is 14.0. The number of hydrogen-bond acceptors (Lipinski definition) is 3. The summed E-state index contributed by atoms with van der Waals surface area (Å²) in [6, 6.07) is 17.1. The third kappa shape index (κ3) is 6.90. The number of carbonyl (C=O) groups is 1. The lowest BCUT2D eigenvalue weighted by molar-refractivity contribution is 0.0963. The van der Waals surface area contributed by atoms with Crippen LogP contribution >= 0.6 is 24.0 Å². The molecule has 1 heterocycles. The van der Waals surface area contributed by atoms with Crippen LogP contribution in [0.4, 0.5) is 4.79 Å². The molecule has 1 fully saturated rings. The third-order valence-electron chi connectivity index (χ3n) is 5.08. The van der Waals surface area contributed by atoms with Gasteiger partial charge in [-0.1, -0.05) is 48.0 Å². The van der Waals surface area contributed by atoms with Gasteiger partial charge in [0.1, 0.15) is 0 Å². The van der Waals surface area contributed by atoms with Gasteiger partial charge in [-0.25, -0.2) is 9.79 Å². The molecule has 3 rings (SSSR count). The Morgan fingerprint density at radius 2 is 1.83 bits per heavy atom. The number of nitrogens with one attached hydrogen (secondary N) is 1. The van der Waals surface area contributed by atoms with Crippen molar-refractivity contribution in [3.05, 3.63) is 59.7 Å². The largest absolute Gasteiger partial charge is 0.450 e. The first-order valence-corrected chi connectivity index (χ1v) is 10.2. The Bertz CT molecular complexity index is 864. The van der Waals surface area contributed by atoms with Crippen molar-refractivity contribution >= 4 is 36.0 Å². The van der Waals surface area contributed by atoms with Crippen LogP contribution in [0.15, 0.2) is 53.5 Å². The minimum Gasteiger partial charge on any atom is -0.450 e. The van der Waals surface area contributed by atoms with Crippen LogP contribution in [0.25, 0.3) is 11.1 Å². The van der Waals surface area contributed by atoms with Crippen LogP contribution < -0.4 is 11.1 Å². The van der Waals surface area contributed by atoms with Crippen molar-refractivity contribution < 1.29 is 9.53 Å². The first-order valence-electron chi connectivity index (χ1n) is 10.2. The summed E-state index contributed by atoms with van der Waals surface area (Å²) in [7, 11) is 0. The summed E-state index contributed by atoms with van der Waals surface area (Å²) in [5.74, 6) is 0.445. The number of piperidine rings is 1. The second kappa shape index (κ2) is 11.8. The van der Waals surface area contributed by atoms with E-state index in [9.17, 15) is 4.79 Å². The molecule has 7 heteroatoms. The molecule has 1 amide bonds. The van der Waals surface area contributed by atoms with Crippen molar-refractivity contribution in [2.75, 3.05) is 19.7 Å². The predicted octanol–water partition coefficient (Wildman–Crippen LogP) is 4.31. The van der Waals surface area contributed by atoms with E-state index < -0.39 is 0 Å². The molecule has 2 aromatic rings. The van der Waals surface area contributed by atoms with Crippen molar-refractivity contribution in [1.29, 1.82) is 0 Å². The highest BCUT2D eigenvalue weighted by atomic mass is 127. The molecule has 6 nitrogen and oxygen atoms in total. The maximum absolute atomic E-state index is 11.8. The molecule has 0 aromatic heterocycles.